The summed E-state index contributed by atoms with van der Waals surface area (Å²) in [6.45, 7) is 4.84. The summed E-state index contributed by atoms with van der Waals surface area (Å²) in [6, 6.07) is 8.07. The van der Waals surface area contributed by atoms with Crippen LogP contribution in [0, 0.1) is 11.3 Å². The molecule has 15 heavy (non-hydrogen) atoms. The standard InChI is InChI=1S/C12H16N2O/c1-9(2)14-8-11-6-12(15-3)5-4-10(11)7-13/h4-6,9,14H,8H2,1-3H3. The Hall–Kier alpha value is -1.53. The number of methoxy groups -OCH3 is 1. The molecular formula is C12H16N2O. The van der Waals surface area contributed by atoms with Crippen molar-refractivity contribution in [1.29, 1.82) is 5.26 Å². The van der Waals surface area contributed by atoms with E-state index in [4.69, 9.17) is 10.00 Å². The lowest BCUT2D eigenvalue weighted by Crippen LogP contribution is -2.22. The second-order valence-corrected chi connectivity index (χ2v) is 3.67. The van der Waals surface area contributed by atoms with E-state index in [1.165, 1.54) is 0 Å². The maximum atomic E-state index is 8.93. The van der Waals surface area contributed by atoms with Crippen LogP contribution in [0.25, 0.3) is 0 Å². The van der Waals surface area contributed by atoms with Crippen LogP contribution in [0.2, 0.25) is 0 Å². The SMILES string of the molecule is COc1ccc(C#N)c(CNC(C)C)c1. The number of nitrogens with zero attached hydrogens (tertiary/aromatic N) is 1. The molecule has 0 radical (unpaired) electrons. The molecule has 0 fully saturated rings. The highest BCUT2D eigenvalue weighted by Crippen LogP contribution is 2.17. The van der Waals surface area contributed by atoms with Gasteiger partial charge in [-0.25, -0.2) is 0 Å². The van der Waals surface area contributed by atoms with E-state index in [2.05, 4.69) is 25.2 Å². The Balaban J connectivity index is 2.87. The van der Waals surface area contributed by atoms with Gasteiger partial charge in [-0.3, -0.25) is 0 Å². The first-order chi connectivity index (χ1) is 7.17. The summed E-state index contributed by atoms with van der Waals surface area (Å²) in [5.41, 5.74) is 1.68. The predicted molar refractivity (Wildman–Crippen MR) is 59.7 cm³/mol. The number of rotatable bonds is 4. The van der Waals surface area contributed by atoms with E-state index in [0.29, 0.717) is 18.2 Å². The van der Waals surface area contributed by atoms with Crippen LogP contribution < -0.4 is 10.1 Å². The molecule has 1 N–H and O–H groups in total. The summed E-state index contributed by atoms with van der Waals surface area (Å²) in [5, 5.41) is 12.2. The zero-order chi connectivity index (χ0) is 11.3. The van der Waals surface area contributed by atoms with Gasteiger partial charge in [-0.15, -0.1) is 0 Å². The minimum Gasteiger partial charge on any atom is -0.497 e. The van der Waals surface area contributed by atoms with Crippen LogP contribution >= 0.6 is 0 Å². The van der Waals surface area contributed by atoms with Crippen molar-refractivity contribution in [2.24, 2.45) is 0 Å². The summed E-state index contributed by atoms with van der Waals surface area (Å²) in [4.78, 5) is 0. The van der Waals surface area contributed by atoms with Crippen molar-refractivity contribution in [3.63, 3.8) is 0 Å². The van der Waals surface area contributed by atoms with E-state index in [0.717, 1.165) is 11.3 Å². The fourth-order valence-electron chi connectivity index (χ4n) is 1.27. The fraction of sp³-hybridized carbons (Fsp3) is 0.417. The number of hydrogen-bond donors (Lipinski definition) is 1. The minimum atomic E-state index is 0.405. The molecule has 0 aromatic heterocycles. The molecule has 0 saturated heterocycles. The second-order valence-electron chi connectivity index (χ2n) is 3.67. The topological polar surface area (TPSA) is 45.0 Å². The van der Waals surface area contributed by atoms with E-state index in [-0.39, 0.29) is 0 Å². The maximum Gasteiger partial charge on any atom is 0.119 e. The Morgan fingerprint density at radius 2 is 2.20 bits per heavy atom. The largest absolute Gasteiger partial charge is 0.497 e. The Morgan fingerprint density at radius 3 is 2.73 bits per heavy atom. The van der Waals surface area contributed by atoms with Gasteiger partial charge in [0, 0.05) is 12.6 Å². The lowest BCUT2D eigenvalue weighted by atomic mass is 10.1. The highest BCUT2D eigenvalue weighted by molar-refractivity contribution is 5.42. The van der Waals surface area contributed by atoms with Crippen LogP contribution in [0.15, 0.2) is 18.2 Å². The summed E-state index contributed by atoms with van der Waals surface area (Å²) >= 11 is 0. The molecule has 0 heterocycles. The number of benzene rings is 1. The average Bonchev–Trinajstić information content (AvgIpc) is 2.25. The van der Waals surface area contributed by atoms with Gasteiger partial charge >= 0.3 is 0 Å². The van der Waals surface area contributed by atoms with Gasteiger partial charge in [-0.2, -0.15) is 5.26 Å². The monoisotopic (exact) mass is 204 g/mol. The van der Waals surface area contributed by atoms with Gasteiger partial charge in [-0.05, 0) is 23.8 Å². The van der Waals surface area contributed by atoms with Crippen molar-refractivity contribution in [3.05, 3.63) is 29.3 Å². The molecule has 1 aromatic carbocycles. The lowest BCUT2D eigenvalue weighted by Gasteiger charge is -2.10. The van der Waals surface area contributed by atoms with Crippen molar-refractivity contribution in [1.82, 2.24) is 5.32 Å². The first kappa shape index (κ1) is 11.5. The third-order valence-electron chi connectivity index (χ3n) is 2.13. The van der Waals surface area contributed by atoms with E-state index in [1.807, 2.05) is 6.07 Å². The molecule has 3 heteroatoms. The van der Waals surface area contributed by atoms with Crippen molar-refractivity contribution in [3.8, 4) is 11.8 Å². The van der Waals surface area contributed by atoms with E-state index in [9.17, 15) is 0 Å². The molecule has 1 aromatic rings. The summed E-state index contributed by atoms with van der Waals surface area (Å²) in [5.74, 6) is 0.787. The number of ether oxygens (including phenoxy) is 1. The summed E-state index contributed by atoms with van der Waals surface area (Å²) in [6.07, 6.45) is 0. The highest BCUT2D eigenvalue weighted by atomic mass is 16.5. The molecule has 0 aliphatic heterocycles. The van der Waals surface area contributed by atoms with Crippen LogP contribution in [0.4, 0.5) is 0 Å². The van der Waals surface area contributed by atoms with E-state index < -0.39 is 0 Å². The van der Waals surface area contributed by atoms with E-state index >= 15 is 0 Å². The molecule has 0 aliphatic rings. The lowest BCUT2D eigenvalue weighted by molar-refractivity contribution is 0.414. The molecule has 0 spiro atoms. The van der Waals surface area contributed by atoms with Crippen LogP contribution in [0.5, 0.6) is 5.75 Å². The Kier molecular flexibility index (Phi) is 4.14. The van der Waals surface area contributed by atoms with Gasteiger partial charge in [0.15, 0.2) is 0 Å². The van der Waals surface area contributed by atoms with Crippen LogP contribution in [-0.4, -0.2) is 13.2 Å². The minimum absolute atomic E-state index is 0.405. The zero-order valence-electron chi connectivity index (χ0n) is 9.37. The molecular weight excluding hydrogens is 188 g/mol. The third-order valence-corrected chi connectivity index (χ3v) is 2.13. The number of nitriles is 1. The molecule has 0 unspecified atom stereocenters. The van der Waals surface area contributed by atoms with Crippen molar-refractivity contribution >= 4 is 0 Å². The number of nitrogens with one attached hydrogen (secondary N) is 1. The Bertz CT molecular complexity index is 366. The van der Waals surface area contributed by atoms with Gasteiger partial charge < -0.3 is 10.1 Å². The van der Waals surface area contributed by atoms with Crippen LogP contribution in [-0.2, 0) is 6.54 Å². The van der Waals surface area contributed by atoms with Crippen LogP contribution in [0.1, 0.15) is 25.0 Å². The second kappa shape index (κ2) is 5.38. The summed E-state index contributed by atoms with van der Waals surface area (Å²) < 4.78 is 5.12. The van der Waals surface area contributed by atoms with Gasteiger partial charge in [0.05, 0.1) is 18.7 Å². The van der Waals surface area contributed by atoms with E-state index in [1.54, 1.807) is 19.2 Å². The molecule has 0 aliphatic carbocycles. The average molecular weight is 204 g/mol. The smallest absolute Gasteiger partial charge is 0.119 e. The normalized spacial score (nSPS) is 10.1. The molecule has 0 atom stereocenters. The highest BCUT2D eigenvalue weighted by Gasteiger charge is 2.04. The summed E-state index contributed by atoms with van der Waals surface area (Å²) in [7, 11) is 1.63. The van der Waals surface area contributed by atoms with Crippen LogP contribution in [0.3, 0.4) is 0 Å². The zero-order valence-corrected chi connectivity index (χ0v) is 9.37. The molecule has 0 amide bonds. The molecule has 0 saturated carbocycles. The molecule has 1 rings (SSSR count). The van der Waals surface area contributed by atoms with Crippen molar-refractivity contribution < 1.29 is 4.74 Å². The number of hydrogen-bond acceptors (Lipinski definition) is 3. The first-order valence-electron chi connectivity index (χ1n) is 4.97. The molecule has 0 bridgehead atoms. The van der Waals surface area contributed by atoms with Crippen molar-refractivity contribution in [2.45, 2.75) is 26.4 Å². The van der Waals surface area contributed by atoms with Gasteiger partial charge in [0.2, 0.25) is 0 Å². The molecule has 80 valence electrons. The maximum absolute atomic E-state index is 8.93. The van der Waals surface area contributed by atoms with Gasteiger partial charge in [-0.1, -0.05) is 13.8 Å². The predicted octanol–water partition coefficient (Wildman–Crippen LogP) is 2.06. The van der Waals surface area contributed by atoms with Gasteiger partial charge in [0.25, 0.3) is 0 Å². The third kappa shape index (κ3) is 3.26. The Morgan fingerprint density at radius 1 is 1.47 bits per heavy atom. The fourth-order valence-corrected chi connectivity index (χ4v) is 1.27. The quantitative estimate of drug-likeness (QED) is 0.816. The van der Waals surface area contributed by atoms with Crippen molar-refractivity contribution in [2.75, 3.05) is 7.11 Å². The van der Waals surface area contributed by atoms with Gasteiger partial charge in [0.1, 0.15) is 5.75 Å². The Labute approximate surface area is 90.7 Å². The first-order valence-corrected chi connectivity index (χ1v) is 4.97. The molecule has 3 nitrogen and oxygen atoms in total.